The molecule has 0 aliphatic carbocycles. The third-order valence-corrected chi connectivity index (χ3v) is 4.22. The van der Waals surface area contributed by atoms with Gasteiger partial charge in [0.25, 0.3) is 0 Å². The molecule has 0 spiro atoms. The number of hydrogen-bond donors (Lipinski definition) is 0. The second-order valence-corrected chi connectivity index (χ2v) is 6.77. The first-order chi connectivity index (χ1) is 9.38. The van der Waals surface area contributed by atoms with Gasteiger partial charge >= 0.3 is 0 Å². The highest BCUT2D eigenvalue weighted by atomic mass is 127. The van der Waals surface area contributed by atoms with Crippen molar-refractivity contribution in [3.8, 4) is 11.5 Å². The van der Waals surface area contributed by atoms with Gasteiger partial charge in [0.1, 0.15) is 11.5 Å². The predicted molar refractivity (Wildman–Crippen MR) is 92.9 cm³/mol. The molecule has 0 saturated heterocycles. The number of carbonyl (C=O) groups excluding carboxylic acids is 1. The lowest BCUT2D eigenvalue weighted by Crippen LogP contribution is -1.95. The fourth-order valence-corrected chi connectivity index (χ4v) is 3.36. The van der Waals surface area contributed by atoms with Crippen molar-refractivity contribution in [1.82, 2.24) is 0 Å². The zero-order valence-electron chi connectivity index (χ0n) is 11.5. The van der Waals surface area contributed by atoms with Gasteiger partial charge in [0.2, 0.25) is 0 Å². The normalized spacial score (nSPS) is 10.4. The highest BCUT2D eigenvalue weighted by Gasteiger charge is 2.10. The Labute approximate surface area is 140 Å². The standard InChI is InChI=1S/C16H14BrIO2/c1-9-6-13(18)7-10(2)16(9)20-15-5-4-12(11(3)19)8-14(15)17/h4-8H,1-3H3. The first-order valence-corrected chi connectivity index (χ1v) is 8.00. The minimum atomic E-state index is 0.0406. The number of rotatable bonds is 3. The van der Waals surface area contributed by atoms with Crippen molar-refractivity contribution in [2.75, 3.05) is 0 Å². The molecular weight excluding hydrogens is 431 g/mol. The van der Waals surface area contributed by atoms with Crippen LogP contribution in [0.15, 0.2) is 34.8 Å². The molecule has 0 aromatic heterocycles. The number of aryl methyl sites for hydroxylation is 2. The number of Topliss-reactive ketones (excluding diaryl/α,β-unsaturated/α-hetero) is 1. The van der Waals surface area contributed by atoms with Gasteiger partial charge in [-0.15, -0.1) is 0 Å². The summed E-state index contributed by atoms with van der Waals surface area (Å²) < 4.78 is 7.97. The first kappa shape index (κ1) is 15.5. The molecule has 0 amide bonds. The topological polar surface area (TPSA) is 26.3 Å². The van der Waals surface area contributed by atoms with Crippen LogP contribution in [0.25, 0.3) is 0 Å². The summed E-state index contributed by atoms with van der Waals surface area (Å²) >= 11 is 5.75. The molecule has 2 rings (SSSR count). The van der Waals surface area contributed by atoms with Crippen LogP contribution in [0.2, 0.25) is 0 Å². The highest BCUT2D eigenvalue weighted by Crippen LogP contribution is 2.34. The van der Waals surface area contributed by atoms with Crippen LogP contribution in [0.4, 0.5) is 0 Å². The van der Waals surface area contributed by atoms with Crippen molar-refractivity contribution in [3.63, 3.8) is 0 Å². The number of ether oxygens (including phenoxy) is 1. The average Bonchev–Trinajstić information content (AvgIpc) is 2.34. The van der Waals surface area contributed by atoms with Gasteiger partial charge in [-0.25, -0.2) is 0 Å². The Balaban J connectivity index is 2.38. The number of carbonyl (C=O) groups is 1. The van der Waals surface area contributed by atoms with Gasteiger partial charge in [-0.2, -0.15) is 0 Å². The molecule has 0 N–H and O–H groups in total. The third-order valence-electron chi connectivity index (χ3n) is 2.98. The summed E-state index contributed by atoms with van der Waals surface area (Å²) in [5.74, 6) is 1.61. The molecule has 0 radical (unpaired) electrons. The summed E-state index contributed by atoms with van der Waals surface area (Å²) in [4.78, 5) is 11.4. The summed E-state index contributed by atoms with van der Waals surface area (Å²) in [5, 5.41) is 0. The van der Waals surface area contributed by atoms with E-state index in [9.17, 15) is 4.79 Å². The zero-order valence-corrected chi connectivity index (χ0v) is 15.2. The van der Waals surface area contributed by atoms with Crippen LogP contribution in [-0.2, 0) is 0 Å². The summed E-state index contributed by atoms with van der Waals surface area (Å²) in [6.45, 7) is 5.61. The van der Waals surface area contributed by atoms with E-state index in [2.05, 4.69) is 50.7 Å². The molecular formula is C16H14BrIO2. The molecule has 0 atom stereocenters. The van der Waals surface area contributed by atoms with Crippen molar-refractivity contribution >= 4 is 44.3 Å². The van der Waals surface area contributed by atoms with Crippen molar-refractivity contribution in [3.05, 3.63) is 55.1 Å². The maximum Gasteiger partial charge on any atom is 0.159 e. The predicted octanol–water partition coefficient (Wildman–Crippen LogP) is 5.67. The molecule has 0 aliphatic heterocycles. The van der Waals surface area contributed by atoms with Crippen molar-refractivity contribution in [2.24, 2.45) is 0 Å². The summed E-state index contributed by atoms with van der Waals surface area (Å²) in [6, 6.07) is 9.55. The third kappa shape index (κ3) is 3.41. The molecule has 0 saturated carbocycles. The Morgan fingerprint density at radius 2 is 1.75 bits per heavy atom. The smallest absolute Gasteiger partial charge is 0.159 e. The van der Waals surface area contributed by atoms with Crippen molar-refractivity contribution in [2.45, 2.75) is 20.8 Å². The van der Waals surface area contributed by atoms with E-state index < -0.39 is 0 Å². The number of halogens is 2. The van der Waals surface area contributed by atoms with Crippen LogP contribution < -0.4 is 4.74 Å². The van der Waals surface area contributed by atoms with E-state index in [1.165, 1.54) is 3.57 Å². The number of hydrogen-bond acceptors (Lipinski definition) is 2. The lowest BCUT2D eigenvalue weighted by atomic mass is 10.1. The summed E-state index contributed by atoms with van der Waals surface area (Å²) in [6.07, 6.45) is 0. The van der Waals surface area contributed by atoms with Crippen LogP contribution in [0.1, 0.15) is 28.4 Å². The van der Waals surface area contributed by atoms with Gasteiger partial charge in [0.05, 0.1) is 4.47 Å². The quantitative estimate of drug-likeness (QED) is 0.450. The van der Waals surface area contributed by atoms with E-state index in [0.29, 0.717) is 11.3 Å². The summed E-state index contributed by atoms with van der Waals surface area (Å²) in [5.41, 5.74) is 2.86. The maximum absolute atomic E-state index is 11.4. The fraction of sp³-hybridized carbons (Fsp3) is 0.188. The Bertz CT molecular complexity index is 657. The molecule has 0 heterocycles. The highest BCUT2D eigenvalue weighted by molar-refractivity contribution is 14.1. The minimum Gasteiger partial charge on any atom is -0.456 e. The average molecular weight is 445 g/mol. The van der Waals surface area contributed by atoms with Gasteiger partial charge in [-0.3, -0.25) is 4.79 Å². The van der Waals surface area contributed by atoms with Crippen LogP contribution in [-0.4, -0.2) is 5.78 Å². The van der Waals surface area contributed by atoms with E-state index in [1.807, 2.05) is 19.9 Å². The number of ketones is 1. The lowest BCUT2D eigenvalue weighted by Gasteiger charge is -2.14. The van der Waals surface area contributed by atoms with Crippen molar-refractivity contribution in [1.29, 1.82) is 0 Å². The second kappa shape index (κ2) is 6.26. The van der Waals surface area contributed by atoms with Gasteiger partial charge < -0.3 is 4.74 Å². The SMILES string of the molecule is CC(=O)c1ccc(Oc2c(C)cc(I)cc2C)c(Br)c1. The van der Waals surface area contributed by atoms with Crippen LogP contribution in [0.5, 0.6) is 11.5 Å². The molecule has 4 heteroatoms. The van der Waals surface area contributed by atoms with Crippen LogP contribution in [0, 0.1) is 17.4 Å². The summed E-state index contributed by atoms with van der Waals surface area (Å²) in [7, 11) is 0. The largest absolute Gasteiger partial charge is 0.456 e. The molecule has 0 unspecified atom stereocenters. The van der Waals surface area contributed by atoms with E-state index in [-0.39, 0.29) is 5.78 Å². The Kier molecular flexibility index (Phi) is 4.86. The Morgan fingerprint density at radius 3 is 2.25 bits per heavy atom. The minimum absolute atomic E-state index is 0.0406. The fourth-order valence-electron chi connectivity index (χ4n) is 1.97. The maximum atomic E-state index is 11.4. The second-order valence-electron chi connectivity index (χ2n) is 4.67. The van der Waals surface area contributed by atoms with E-state index in [4.69, 9.17) is 4.74 Å². The molecule has 0 aliphatic rings. The van der Waals surface area contributed by atoms with E-state index in [0.717, 1.165) is 21.3 Å². The van der Waals surface area contributed by atoms with Gasteiger partial charge in [-0.05, 0) is 101 Å². The lowest BCUT2D eigenvalue weighted by molar-refractivity contribution is 0.101. The molecule has 0 bridgehead atoms. The Morgan fingerprint density at radius 1 is 1.15 bits per heavy atom. The van der Waals surface area contributed by atoms with Gasteiger partial charge in [0.15, 0.2) is 5.78 Å². The van der Waals surface area contributed by atoms with E-state index in [1.54, 1.807) is 19.1 Å². The van der Waals surface area contributed by atoms with Crippen LogP contribution >= 0.6 is 38.5 Å². The molecule has 104 valence electrons. The van der Waals surface area contributed by atoms with Gasteiger partial charge in [-0.1, -0.05) is 0 Å². The van der Waals surface area contributed by atoms with Gasteiger partial charge in [0, 0.05) is 9.13 Å². The van der Waals surface area contributed by atoms with E-state index >= 15 is 0 Å². The molecule has 0 fully saturated rings. The molecule has 20 heavy (non-hydrogen) atoms. The Hall–Kier alpha value is -0.880. The molecule has 2 nitrogen and oxygen atoms in total. The zero-order chi connectivity index (χ0) is 14.9. The molecule has 2 aromatic rings. The van der Waals surface area contributed by atoms with Crippen molar-refractivity contribution < 1.29 is 9.53 Å². The molecule has 2 aromatic carbocycles. The number of benzene rings is 2. The van der Waals surface area contributed by atoms with Crippen LogP contribution in [0.3, 0.4) is 0 Å². The first-order valence-electron chi connectivity index (χ1n) is 6.13. The monoisotopic (exact) mass is 444 g/mol.